The highest BCUT2D eigenvalue weighted by Gasteiger charge is 2.46. The lowest BCUT2D eigenvalue weighted by atomic mass is 9.87. The minimum atomic E-state index is -3.06. The summed E-state index contributed by atoms with van der Waals surface area (Å²) < 4.78 is 28.8. The minimum absolute atomic E-state index is 0.145. The molecule has 0 spiro atoms. The largest absolute Gasteiger partial charge is 0.393 e. The van der Waals surface area contributed by atoms with Crippen LogP contribution in [0.2, 0.25) is 5.02 Å². The number of aromatic nitrogens is 3. The molecule has 1 fully saturated rings. The van der Waals surface area contributed by atoms with Gasteiger partial charge in [0.1, 0.15) is 5.71 Å². The Kier molecular flexibility index (Phi) is 7.34. The van der Waals surface area contributed by atoms with E-state index in [1.54, 1.807) is 32.2 Å². The summed E-state index contributed by atoms with van der Waals surface area (Å²) in [6.45, 7) is 1.03. The van der Waals surface area contributed by atoms with Gasteiger partial charge in [-0.2, -0.15) is 0 Å². The van der Waals surface area contributed by atoms with Gasteiger partial charge in [-0.25, -0.2) is 18.7 Å². The highest BCUT2D eigenvalue weighted by molar-refractivity contribution is 6.54. The average Bonchev–Trinajstić information content (AvgIpc) is 2.76. The van der Waals surface area contributed by atoms with Crippen LogP contribution in [0.1, 0.15) is 19.0 Å². The SMILES string of the molecule is CN/C=C(\C(=N)C(=O)N1CC(F)(F)C[C@@H](C)C1CNc1ncc(Cl)cn1)c1ccccn1. The molecule has 2 aromatic rings. The second-order valence-corrected chi connectivity index (χ2v) is 8.02. The van der Waals surface area contributed by atoms with Crippen molar-refractivity contribution in [2.75, 3.05) is 25.5 Å². The average molecular weight is 464 g/mol. The number of amides is 1. The Labute approximate surface area is 189 Å². The lowest BCUT2D eigenvalue weighted by Gasteiger charge is -2.43. The van der Waals surface area contributed by atoms with E-state index in [4.69, 9.17) is 17.0 Å². The number of pyridine rings is 1. The van der Waals surface area contributed by atoms with Gasteiger partial charge in [0.2, 0.25) is 5.95 Å². The van der Waals surface area contributed by atoms with Crippen LogP contribution in [0, 0.1) is 11.3 Å². The van der Waals surface area contributed by atoms with E-state index >= 15 is 0 Å². The maximum Gasteiger partial charge on any atom is 0.273 e. The van der Waals surface area contributed by atoms with Gasteiger partial charge in [-0.05, 0) is 18.1 Å². The number of halogens is 3. The Morgan fingerprint density at radius 2 is 2.06 bits per heavy atom. The van der Waals surface area contributed by atoms with Crippen LogP contribution in [0.3, 0.4) is 0 Å². The van der Waals surface area contributed by atoms with E-state index in [0.717, 1.165) is 4.90 Å². The molecule has 2 atom stereocenters. The molecular formula is C21H24ClF2N7O. The molecule has 8 nitrogen and oxygen atoms in total. The molecule has 1 aliphatic rings. The van der Waals surface area contributed by atoms with Crippen LogP contribution >= 0.6 is 11.6 Å². The molecule has 3 heterocycles. The predicted molar refractivity (Wildman–Crippen MR) is 119 cm³/mol. The standard InChI is InChI=1S/C21H24ClF2N7O/c1-13-7-21(23,24)12-31(17(13)11-30-20-28-8-14(22)9-29-20)19(32)18(25)15(10-26-2)16-5-3-4-6-27-16/h3-6,8-10,13,17,25-26H,7,11-12H2,1-2H3,(H,28,29,30)/b15-10-,25-18?/t13-,17?/m1/s1. The summed E-state index contributed by atoms with van der Waals surface area (Å²) >= 11 is 5.79. The molecule has 3 N–H and O–H groups in total. The minimum Gasteiger partial charge on any atom is -0.393 e. The number of hydrogen-bond donors (Lipinski definition) is 3. The number of carbonyl (C=O) groups excluding carboxylic acids is 1. The van der Waals surface area contributed by atoms with Crippen molar-refractivity contribution in [3.8, 4) is 0 Å². The zero-order valence-corrected chi connectivity index (χ0v) is 18.4. The Morgan fingerprint density at radius 3 is 2.69 bits per heavy atom. The predicted octanol–water partition coefficient (Wildman–Crippen LogP) is 3.09. The molecule has 1 unspecified atom stereocenters. The van der Waals surface area contributed by atoms with Crippen molar-refractivity contribution < 1.29 is 13.6 Å². The number of piperidine rings is 1. The Morgan fingerprint density at radius 1 is 1.34 bits per heavy atom. The van der Waals surface area contributed by atoms with Gasteiger partial charge in [0.25, 0.3) is 11.8 Å². The third-order valence-electron chi connectivity index (χ3n) is 5.14. The second-order valence-electron chi connectivity index (χ2n) is 7.58. The molecule has 32 heavy (non-hydrogen) atoms. The van der Waals surface area contributed by atoms with Gasteiger partial charge in [0.05, 0.1) is 35.7 Å². The summed E-state index contributed by atoms with van der Waals surface area (Å²) in [7, 11) is 1.62. The molecule has 0 bridgehead atoms. The van der Waals surface area contributed by atoms with Crippen molar-refractivity contribution in [2.45, 2.75) is 25.3 Å². The Hall–Kier alpha value is -3.14. The normalized spacial score (nSPS) is 20.5. The Bertz CT molecular complexity index is 985. The maximum absolute atomic E-state index is 14.4. The highest BCUT2D eigenvalue weighted by atomic mass is 35.5. The summed E-state index contributed by atoms with van der Waals surface area (Å²) in [5, 5.41) is 14.6. The van der Waals surface area contributed by atoms with Crippen LogP contribution < -0.4 is 10.6 Å². The van der Waals surface area contributed by atoms with Crippen LogP contribution in [0.5, 0.6) is 0 Å². The van der Waals surface area contributed by atoms with Crippen molar-refractivity contribution in [2.24, 2.45) is 5.92 Å². The van der Waals surface area contributed by atoms with Crippen molar-refractivity contribution >= 4 is 34.7 Å². The van der Waals surface area contributed by atoms with Gasteiger partial charge in [0.15, 0.2) is 0 Å². The molecule has 0 radical (unpaired) electrons. The quantitative estimate of drug-likeness (QED) is 0.545. The van der Waals surface area contributed by atoms with E-state index in [1.807, 2.05) is 0 Å². The molecule has 1 amide bonds. The number of carbonyl (C=O) groups is 1. The lowest BCUT2D eigenvalue weighted by Crippen LogP contribution is -2.58. The summed E-state index contributed by atoms with van der Waals surface area (Å²) in [5.74, 6) is -4.11. The fraction of sp³-hybridized carbons (Fsp3) is 0.381. The van der Waals surface area contributed by atoms with Gasteiger partial charge in [-0.1, -0.05) is 24.6 Å². The number of hydrogen-bond acceptors (Lipinski definition) is 7. The lowest BCUT2D eigenvalue weighted by molar-refractivity contribution is -0.145. The first-order valence-corrected chi connectivity index (χ1v) is 10.4. The second kappa shape index (κ2) is 9.99. The smallest absolute Gasteiger partial charge is 0.273 e. The summed E-state index contributed by atoms with van der Waals surface area (Å²) in [6, 6.07) is 4.48. The molecule has 0 aliphatic carbocycles. The van der Waals surface area contributed by atoms with Crippen LogP contribution in [-0.4, -0.2) is 63.6 Å². The monoisotopic (exact) mass is 463 g/mol. The first-order valence-electron chi connectivity index (χ1n) is 10.00. The van der Waals surface area contributed by atoms with Gasteiger partial charge in [-0.3, -0.25) is 15.2 Å². The van der Waals surface area contributed by atoms with E-state index in [0.29, 0.717) is 10.7 Å². The molecule has 2 aromatic heterocycles. The van der Waals surface area contributed by atoms with E-state index < -0.39 is 36.0 Å². The van der Waals surface area contributed by atoms with Gasteiger partial charge >= 0.3 is 0 Å². The molecular weight excluding hydrogens is 440 g/mol. The van der Waals surface area contributed by atoms with Crippen molar-refractivity contribution in [1.29, 1.82) is 5.41 Å². The van der Waals surface area contributed by atoms with Crippen LogP contribution in [0.15, 0.2) is 43.0 Å². The van der Waals surface area contributed by atoms with Crippen LogP contribution in [0.4, 0.5) is 14.7 Å². The van der Waals surface area contributed by atoms with E-state index in [1.165, 1.54) is 24.8 Å². The molecule has 0 aromatic carbocycles. The number of rotatable bonds is 7. The zero-order chi connectivity index (χ0) is 23.3. The molecule has 3 rings (SSSR count). The zero-order valence-electron chi connectivity index (χ0n) is 17.6. The molecule has 1 aliphatic heterocycles. The third kappa shape index (κ3) is 5.56. The molecule has 1 saturated heterocycles. The fourth-order valence-corrected chi connectivity index (χ4v) is 3.78. The van der Waals surface area contributed by atoms with Crippen molar-refractivity contribution in [1.82, 2.24) is 25.2 Å². The highest BCUT2D eigenvalue weighted by Crippen LogP contribution is 2.35. The molecule has 0 saturated carbocycles. The van der Waals surface area contributed by atoms with E-state index in [-0.39, 0.29) is 24.5 Å². The maximum atomic E-state index is 14.4. The van der Waals surface area contributed by atoms with Crippen LogP contribution in [0.25, 0.3) is 5.57 Å². The molecule has 11 heteroatoms. The van der Waals surface area contributed by atoms with E-state index in [2.05, 4.69) is 25.6 Å². The fourth-order valence-electron chi connectivity index (χ4n) is 3.68. The van der Waals surface area contributed by atoms with Gasteiger partial charge in [-0.15, -0.1) is 0 Å². The number of nitrogens with zero attached hydrogens (tertiary/aromatic N) is 4. The van der Waals surface area contributed by atoms with Gasteiger partial charge < -0.3 is 15.5 Å². The summed E-state index contributed by atoms with van der Waals surface area (Å²) in [5.41, 5.74) is 0.185. The van der Waals surface area contributed by atoms with E-state index in [9.17, 15) is 13.6 Å². The first-order chi connectivity index (χ1) is 15.2. The number of nitrogens with one attached hydrogen (secondary N) is 3. The topological polar surface area (TPSA) is 107 Å². The summed E-state index contributed by atoms with van der Waals surface area (Å²) in [4.78, 5) is 26.6. The third-order valence-corrected chi connectivity index (χ3v) is 5.34. The number of likely N-dealkylation sites (tertiary alicyclic amines) is 1. The van der Waals surface area contributed by atoms with Crippen molar-refractivity contribution in [3.63, 3.8) is 0 Å². The first kappa shape index (κ1) is 23.5. The van der Waals surface area contributed by atoms with Crippen LogP contribution in [-0.2, 0) is 4.79 Å². The molecule has 170 valence electrons. The van der Waals surface area contributed by atoms with Crippen molar-refractivity contribution in [3.05, 3.63) is 53.7 Å². The summed E-state index contributed by atoms with van der Waals surface area (Å²) in [6.07, 6.45) is 5.46. The van der Waals surface area contributed by atoms with Gasteiger partial charge in [0, 0.05) is 38.0 Å². The Balaban J connectivity index is 1.85. The number of anilines is 1. The number of alkyl halides is 2.